The van der Waals surface area contributed by atoms with E-state index in [1.165, 1.54) is 16.2 Å². The SMILES string of the molecule is COCC(C)c1cnc(N)s1. The molecule has 4 heteroatoms. The van der Waals surface area contributed by atoms with Crippen molar-refractivity contribution in [3.8, 4) is 0 Å². The Morgan fingerprint density at radius 1 is 1.82 bits per heavy atom. The minimum atomic E-state index is 0.398. The van der Waals surface area contributed by atoms with E-state index in [1.54, 1.807) is 7.11 Å². The van der Waals surface area contributed by atoms with Crippen LogP contribution in [-0.2, 0) is 4.74 Å². The number of nitrogens with zero attached hydrogens (tertiary/aromatic N) is 1. The lowest BCUT2D eigenvalue weighted by molar-refractivity contribution is 0.185. The highest BCUT2D eigenvalue weighted by Crippen LogP contribution is 2.23. The largest absolute Gasteiger partial charge is 0.384 e. The van der Waals surface area contributed by atoms with Crippen LogP contribution in [-0.4, -0.2) is 18.7 Å². The summed E-state index contributed by atoms with van der Waals surface area (Å²) in [5, 5.41) is 0.628. The van der Waals surface area contributed by atoms with E-state index in [9.17, 15) is 0 Å². The number of hydrogen-bond acceptors (Lipinski definition) is 4. The number of nitrogens with two attached hydrogens (primary N) is 1. The third-order valence-corrected chi connectivity index (χ3v) is 2.50. The van der Waals surface area contributed by atoms with Gasteiger partial charge in [-0.2, -0.15) is 0 Å². The van der Waals surface area contributed by atoms with Crippen LogP contribution in [0.2, 0.25) is 0 Å². The predicted molar refractivity (Wildman–Crippen MR) is 46.8 cm³/mol. The summed E-state index contributed by atoms with van der Waals surface area (Å²) in [6.45, 7) is 2.82. The molecule has 1 atom stereocenters. The second kappa shape index (κ2) is 3.69. The summed E-state index contributed by atoms with van der Waals surface area (Å²) in [6, 6.07) is 0. The number of thiazole rings is 1. The maximum atomic E-state index is 5.48. The molecule has 0 amide bonds. The van der Waals surface area contributed by atoms with Crippen molar-refractivity contribution in [1.29, 1.82) is 0 Å². The third-order valence-electron chi connectivity index (χ3n) is 1.44. The average molecular weight is 172 g/mol. The monoisotopic (exact) mass is 172 g/mol. The lowest BCUT2D eigenvalue weighted by Crippen LogP contribution is -1.98. The predicted octanol–water partition coefficient (Wildman–Crippen LogP) is 1.48. The van der Waals surface area contributed by atoms with Gasteiger partial charge in [0.1, 0.15) is 0 Å². The molecule has 0 saturated carbocycles. The molecule has 3 nitrogen and oxygen atoms in total. The highest BCUT2D eigenvalue weighted by atomic mass is 32.1. The summed E-state index contributed by atoms with van der Waals surface area (Å²) in [6.07, 6.45) is 1.81. The smallest absolute Gasteiger partial charge is 0.180 e. The number of hydrogen-bond donors (Lipinski definition) is 1. The molecule has 11 heavy (non-hydrogen) atoms. The summed E-state index contributed by atoms with van der Waals surface area (Å²) in [5.74, 6) is 0.398. The Morgan fingerprint density at radius 3 is 3.00 bits per heavy atom. The first kappa shape index (κ1) is 8.49. The van der Waals surface area contributed by atoms with Crippen molar-refractivity contribution in [2.75, 3.05) is 19.5 Å². The molecule has 0 saturated heterocycles. The summed E-state index contributed by atoms with van der Waals surface area (Å²) in [4.78, 5) is 5.15. The molecule has 0 aliphatic rings. The third kappa shape index (κ3) is 2.17. The molecule has 0 radical (unpaired) electrons. The van der Waals surface area contributed by atoms with Crippen molar-refractivity contribution in [2.24, 2.45) is 0 Å². The normalized spacial score (nSPS) is 13.3. The number of nitrogen functional groups attached to an aromatic ring is 1. The van der Waals surface area contributed by atoms with E-state index in [1.807, 2.05) is 6.20 Å². The van der Waals surface area contributed by atoms with Crippen molar-refractivity contribution >= 4 is 16.5 Å². The molecule has 2 N–H and O–H groups in total. The molecule has 0 fully saturated rings. The van der Waals surface area contributed by atoms with E-state index in [4.69, 9.17) is 10.5 Å². The number of anilines is 1. The molecule has 1 aromatic rings. The van der Waals surface area contributed by atoms with Gasteiger partial charge in [-0.15, -0.1) is 11.3 Å². The Hall–Kier alpha value is -0.610. The van der Waals surface area contributed by atoms with Crippen molar-refractivity contribution in [3.05, 3.63) is 11.1 Å². The second-order valence-electron chi connectivity index (χ2n) is 2.46. The highest BCUT2D eigenvalue weighted by Gasteiger charge is 2.07. The van der Waals surface area contributed by atoms with E-state index in [2.05, 4.69) is 11.9 Å². The first-order chi connectivity index (χ1) is 5.24. The van der Waals surface area contributed by atoms with Crippen molar-refractivity contribution in [3.63, 3.8) is 0 Å². The molecule has 1 heterocycles. The van der Waals surface area contributed by atoms with E-state index >= 15 is 0 Å². The number of methoxy groups -OCH3 is 1. The molecule has 1 aromatic heterocycles. The summed E-state index contributed by atoms with van der Waals surface area (Å²) >= 11 is 1.52. The Balaban J connectivity index is 2.60. The fourth-order valence-corrected chi connectivity index (χ4v) is 1.58. The standard InChI is InChI=1S/C7H12N2OS/c1-5(4-10-2)6-3-9-7(8)11-6/h3,5H,4H2,1-2H3,(H2,8,9). The van der Waals surface area contributed by atoms with E-state index in [-0.39, 0.29) is 0 Å². The van der Waals surface area contributed by atoms with Gasteiger partial charge in [-0.25, -0.2) is 4.98 Å². The first-order valence-corrected chi connectivity index (χ1v) is 4.26. The van der Waals surface area contributed by atoms with Crippen LogP contribution in [0.15, 0.2) is 6.20 Å². The van der Waals surface area contributed by atoms with Gasteiger partial charge < -0.3 is 10.5 Å². The van der Waals surface area contributed by atoms with Crippen LogP contribution in [0.25, 0.3) is 0 Å². The van der Waals surface area contributed by atoms with E-state index in [0.717, 1.165) is 6.61 Å². The highest BCUT2D eigenvalue weighted by molar-refractivity contribution is 7.15. The first-order valence-electron chi connectivity index (χ1n) is 3.44. The zero-order chi connectivity index (χ0) is 8.27. The van der Waals surface area contributed by atoms with Crippen LogP contribution < -0.4 is 5.73 Å². The molecular formula is C7H12N2OS. The van der Waals surface area contributed by atoms with Gasteiger partial charge in [0, 0.05) is 24.1 Å². The van der Waals surface area contributed by atoms with Gasteiger partial charge in [0.2, 0.25) is 0 Å². The molecule has 1 unspecified atom stereocenters. The van der Waals surface area contributed by atoms with Gasteiger partial charge in [0.25, 0.3) is 0 Å². The van der Waals surface area contributed by atoms with Gasteiger partial charge >= 0.3 is 0 Å². The number of rotatable bonds is 3. The molecule has 0 aliphatic carbocycles. The fraction of sp³-hybridized carbons (Fsp3) is 0.571. The average Bonchev–Trinajstić information content (AvgIpc) is 2.36. The van der Waals surface area contributed by atoms with Gasteiger partial charge in [-0.05, 0) is 0 Å². The molecule has 1 rings (SSSR count). The van der Waals surface area contributed by atoms with Crippen LogP contribution in [0.5, 0.6) is 0 Å². The molecule has 0 aromatic carbocycles. The number of aromatic nitrogens is 1. The minimum Gasteiger partial charge on any atom is -0.384 e. The quantitative estimate of drug-likeness (QED) is 0.751. The van der Waals surface area contributed by atoms with Crippen molar-refractivity contribution < 1.29 is 4.74 Å². The maximum Gasteiger partial charge on any atom is 0.180 e. The fourth-order valence-electron chi connectivity index (χ4n) is 0.861. The van der Waals surface area contributed by atoms with Crippen LogP contribution in [0.3, 0.4) is 0 Å². The van der Waals surface area contributed by atoms with E-state index in [0.29, 0.717) is 11.0 Å². The molecule has 0 bridgehead atoms. The van der Waals surface area contributed by atoms with Crippen LogP contribution in [0, 0.1) is 0 Å². The van der Waals surface area contributed by atoms with Gasteiger partial charge in [0.05, 0.1) is 6.61 Å². The Morgan fingerprint density at radius 2 is 2.55 bits per heavy atom. The molecule has 0 aliphatic heterocycles. The van der Waals surface area contributed by atoms with Crippen LogP contribution >= 0.6 is 11.3 Å². The summed E-state index contributed by atoms with van der Waals surface area (Å²) in [7, 11) is 1.70. The van der Waals surface area contributed by atoms with Crippen molar-refractivity contribution in [1.82, 2.24) is 4.98 Å². The lowest BCUT2D eigenvalue weighted by Gasteiger charge is -2.04. The summed E-state index contributed by atoms with van der Waals surface area (Å²) < 4.78 is 5.01. The van der Waals surface area contributed by atoms with Gasteiger partial charge in [0.15, 0.2) is 5.13 Å². The maximum absolute atomic E-state index is 5.48. The van der Waals surface area contributed by atoms with Crippen LogP contribution in [0.4, 0.5) is 5.13 Å². The second-order valence-corrected chi connectivity index (χ2v) is 3.55. The Labute approximate surface area is 70.2 Å². The molecule has 0 spiro atoms. The van der Waals surface area contributed by atoms with Crippen LogP contribution in [0.1, 0.15) is 17.7 Å². The lowest BCUT2D eigenvalue weighted by atomic mass is 10.2. The zero-order valence-electron chi connectivity index (χ0n) is 6.70. The molecule has 62 valence electrons. The minimum absolute atomic E-state index is 0.398. The van der Waals surface area contributed by atoms with Gasteiger partial charge in [-0.1, -0.05) is 6.92 Å². The van der Waals surface area contributed by atoms with Gasteiger partial charge in [-0.3, -0.25) is 0 Å². The topological polar surface area (TPSA) is 48.1 Å². The zero-order valence-corrected chi connectivity index (χ0v) is 7.52. The number of ether oxygens (including phenoxy) is 1. The van der Waals surface area contributed by atoms with E-state index < -0.39 is 0 Å². The summed E-state index contributed by atoms with van der Waals surface area (Å²) in [5.41, 5.74) is 5.48. The molecular weight excluding hydrogens is 160 g/mol. The van der Waals surface area contributed by atoms with Crippen molar-refractivity contribution in [2.45, 2.75) is 12.8 Å². The Kier molecular flexibility index (Phi) is 2.84. The Bertz CT molecular complexity index is 224.